The number of nitrogens with one attached hydrogen (secondary N) is 1. The Kier molecular flexibility index (Phi) is 10.2. The number of carbonyl (C=O) groups is 2. The Morgan fingerprint density at radius 1 is 1.23 bits per heavy atom. The highest BCUT2D eigenvalue weighted by Gasteiger charge is 2.27. The summed E-state index contributed by atoms with van der Waals surface area (Å²) in [6.45, 7) is 7.42. The van der Waals surface area contributed by atoms with Gasteiger partial charge in [0.05, 0.1) is 28.9 Å². The summed E-state index contributed by atoms with van der Waals surface area (Å²) in [6, 6.07) is 5.68. The Bertz CT molecular complexity index is 1060. The number of piperidine rings is 1. The molecule has 1 fully saturated rings. The Labute approximate surface area is 223 Å². The quantitative estimate of drug-likeness (QED) is 0.315. The molecule has 0 saturated carbocycles. The third-order valence-electron chi connectivity index (χ3n) is 6.33. The molecule has 2 aromatic rings. The second-order valence-corrected chi connectivity index (χ2v) is 11.1. The highest BCUT2D eigenvalue weighted by Crippen LogP contribution is 2.41. The molecule has 192 valence electrons. The van der Waals surface area contributed by atoms with E-state index in [1.807, 2.05) is 35.7 Å². The number of amides is 2. The van der Waals surface area contributed by atoms with E-state index in [-0.39, 0.29) is 30.2 Å². The van der Waals surface area contributed by atoms with Crippen LogP contribution in [0.1, 0.15) is 51.6 Å². The normalized spacial score (nSPS) is 15.4. The Balaban J connectivity index is 1.59. The first-order valence-corrected chi connectivity index (χ1v) is 14.7. The van der Waals surface area contributed by atoms with Crippen molar-refractivity contribution >= 4 is 55.1 Å². The van der Waals surface area contributed by atoms with Crippen LogP contribution in [0.3, 0.4) is 0 Å². The lowest BCUT2D eigenvalue weighted by atomic mass is 9.92. The van der Waals surface area contributed by atoms with Gasteiger partial charge in [-0.3, -0.25) is 14.3 Å². The zero-order valence-electron chi connectivity index (χ0n) is 20.5. The predicted octanol–water partition coefficient (Wildman–Crippen LogP) is 5.72. The summed E-state index contributed by atoms with van der Waals surface area (Å²) in [7, 11) is 4.32. The van der Waals surface area contributed by atoms with E-state index in [9.17, 15) is 9.59 Å². The summed E-state index contributed by atoms with van der Waals surface area (Å²) in [5.41, 5.74) is 2.59. The van der Waals surface area contributed by atoms with Crippen LogP contribution in [0.15, 0.2) is 18.2 Å². The molecular formula is C24H33Cl2N4O3PS. The molecule has 2 amide bonds. The zero-order valence-corrected chi connectivity index (χ0v) is 24.0. The van der Waals surface area contributed by atoms with Gasteiger partial charge in [-0.15, -0.1) is 0 Å². The molecule has 35 heavy (non-hydrogen) atoms. The first kappa shape index (κ1) is 28.1. The summed E-state index contributed by atoms with van der Waals surface area (Å²) in [4.78, 5) is 26.7. The lowest BCUT2D eigenvalue weighted by molar-refractivity contribution is -0.134. The third kappa shape index (κ3) is 7.06. The van der Waals surface area contributed by atoms with E-state index in [1.165, 1.54) is 0 Å². The first-order valence-electron chi connectivity index (χ1n) is 11.7. The van der Waals surface area contributed by atoms with Crippen LogP contribution in [0, 0.1) is 11.8 Å². The minimum Gasteiger partial charge on any atom is -0.420 e. The zero-order chi connectivity index (χ0) is 25.7. The molecule has 2 heterocycles. The minimum atomic E-state index is -0.0933. The van der Waals surface area contributed by atoms with E-state index >= 15 is 0 Å². The van der Waals surface area contributed by atoms with Crippen molar-refractivity contribution in [3.63, 3.8) is 0 Å². The standard InChI is InChI=1S/C24H33Cl2N4O3PS/c1-14(2)11-15(3)24(32)27-13-21(31)30-9-7-16(8-10-30)19-12-18(28-29(19)4)17-5-6-20(33-35-34)23(26)22(17)25/h5-6,12,14-16H,7-11,13,34H2,1-4H3,(H,27,32)/t15-/m1/s1. The summed E-state index contributed by atoms with van der Waals surface area (Å²) in [5, 5.41) is 8.22. The summed E-state index contributed by atoms with van der Waals surface area (Å²) in [6.07, 6.45) is 2.47. The van der Waals surface area contributed by atoms with E-state index in [0.29, 0.717) is 34.8 Å². The second kappa shape index (κ2) is 12.7. The van der Waals surface area contributed by atoms with Gasteiger partial charge in [-0.25, -0.2) is 0 Å². The predicted molar refractivity (Wildman–Crippen MR) is 147 cm³/mol. The molecule has 7 nitrogen and oxygen atoms in total. The molecule has 0 bridgehead atoms. The average Bonchev–Trinajstić information content (AvgIpc) is 3.21. The average molecular weight is 560 g/mol. The van der Waals surface area contributed by atoms with Gasteiger partial charge in [0.2, 0.25) is 11.8 Å². The van der Waals surface area contributed by atoms with Crippen molar-refractivity contribution in [1.29, 1.82) is 0 Å². The molecule has 1 unspecified atom stereocenters. The fourth-order valence-corrected chi connectivity index (χ4v) is 5.58. The van der Waals surface area contributed by atoms with Gasteiger partial charge in [-0.1, -0.05) is 44.0 Å². The van der Waals surface area contributed by atoms with Crippen molar-refractivity contribution in [2.24, 2.45) is 18.9 Å². The van der Waals surface area contributed by atoms with Crippen molar-refractivity contribution in [3.8, 4) is 17.0 Å². The molecule has 3 rings (SSSR count). The topological polar surface area (TPSA) is 76.5 Å². The van der Waals surface area contributed by atoms with Crippen LogP contribution in [-0.4, -0.2) is 46.1 Å². The maximum Gasteiger partial charge on any atom is 0.241 e. The lowest BCUT2D eigenvalue weighted by Gasteiger charge is -2.32. The second-order valence-electron chi connectivity index (χ2n) is 9.40. The van der Waals surface area contributed by atoms with Crippen LogP contribution in [0.5, 0.6) is 5.75 Å². The van der Waals surface area contributed by atoms with Gasteiger partial charge in [0.25, 0.3) is 0 Å². The number of likely N-dealkylation sites (tertiary alicyclic amines) is 1. The third-order valence-corrected chi connectivity index (χ3v) is 7.76. The van der Waals surface area contributed by atoms with E-state index in [0.717, 1.165) is 47.9 Å². The van der Waals surface area contributed by atoms with E-state index in [4.69, 9.17) is 27.4 Å². The van der Waals surface area contributed by atoms with Crippen LogP contribution in [-0.2, 0) is 16.6 Å². The van der Waals surface area contributed by atoms with Gasteiger partial charge < -0.3 is 14.4 Å². The molecule has 0 radical (unpaired) electrons. The molecule has 1 aliphatic rings. The van der Waals surface area contributed by atoms with Crippen molar-refractivity contribution < 1.29 is 13.8 Å². The van der Waals surface area contributed by atoms with E-state index in [1.54, 1.807) is 6.07 Å². The highest BCUT2D eigenvalue weighted by molar-refractivity contribution is 8.41. The highest BCUT2D eigenvalue weighted by atomic mass is 35.5. The van der Waals surface area contributed by atoms with Gasteiger partial charge in [0.1, 0.15) is 5.02 Å². The molecule has 1 aromatic heterocycles. The molecule has 1 N–H and O–H groups in total. The number of carbonyl (C=O) groups excluding carboxylic acids is 2. The fourth-order valence-electron chi connectivity index (χ4n) is 4.53. The van der Waals surface area contributed by atoms with E-state index in [2.05, 4.69) is 32.7 Å². The Hall–Kier alpha value is -1.47. The molecule has 0 aliphatic carbocycles. The van der Waals surface area contributed by atoms with Crippen LogP contribution in [0.4, 0.5) is 0 Å². The number of rotatable bonds is 9. The van der Waals surface area contributed by atoms with Crippen molar-refractivity contribution in [3.05, 3.63) is 33.9 Å². The number of hydrogen-bond donors (Lipinski definition) is 1. The summed E-state index contributed by atoms with van der Waals surface area (Å²) < 4.78 is 7.28. The SMILES string of the molecule is CC(C)C[C@@H](C)C(=O)NCC(=O)N1CCC(c2cc(-c3ccc(OSP)c(Cl)c3Cl)nn2C)CC1. The number of aromatic nitrogens is 2. The van der Waals surface area contributed by atoms with Crippen molar-refractivity contribution in [1.82, 2.24) is 20.0 Å². The maximum absolute atomic E-state index is 12.6. The van der Waals surface area contributed by atoms with Crippen LogP contribution in [0.2, 0.25) is 10.0 Å². The molecule has 1 aromatic carbocycles. The van der Waals surface area contributed by atoms with Gasteiger partial charge in [0, 0.05) is 43.2 Å². The maximum atomic E-state index is 12.6. The Morgan fingerprint density at radius 3 is 2.54 bits per heavy atom. The van der Waals surface area contributed by atoms with Gasteiger partial charge in [-0.05, 0) is 51.8 Å². The minimum absolute atomic E-state index is 0.0355. The number of nitrogens with zero attached hydrogens (tertiary/aromatic N) is 3. The summed E-state index contributed by atoms with van der Waals surface area (Å²) in [5.74, 6) is 1.03. The van der Waals surface area contributed by atoms with Crippen LogP contribution in [0.25, 0.3) is 11.3 Å². The molecule has 11 heteroatoms. The fraction of sp³-hybridized carbons (Fsp3) is 0.542. The number of benzene rings is 1. The molecule has 2 atom stereocenters. The van der Waals surface area contributed by atoms with Gasteiger partial charge >= 0.3 is 0 Å². The van der Waals surface area contributed by atoms with Gasteiger partial charge in [0.15, 0.2) is 5.75 Å². The largest absolute Gasteiger partial charge is 0.420 e. The number of aryl methyl sites for hydroxylation is 1. The van der Waals surface area contributed by atoms with Crippen molar-refractivity contribution in [2.45, 2.75) is 46.0 Å². The molecular weight excluding hydrogens is 526 g/mol. The van der Waals surface area contributed by atoms with Crippen LogP contribution >= 0.6 is 43.3 Å². The smallest absolute Gasteiger partial charge is 0.241 e. The summed E-state index contributed by atoms with van der Waals surface area (Å²) >= 11 is 14.0. The van der Waals surface area contributed by atoms with Gasteiger partial charge in [-0.2, -0.15) is 5.10 Å². The van der Waals surface area contributed by atoms with Crippen molar-refractivity contribution in [2.75, 3.05) is 19.6 Å². The molecule has 1 saturated heterocycles. The molecule has 0 spiro atoms. The lowest BCUT2D eigenvalue weighted by Crippen LogP contribution is -2.44. The van der Waals surface area contributed by atoms with Crippen LogP contribution < -0.4 is 9.50 Å². The number of halogens is 2. The molecule has 1 aliphatic heterocycles. The number of hydrogen-bond acceptors (Lipinski definition) is 5. The Morgan fingerprint density at radius 2 is 1.91 bits per heavy atom. The first-order chi connectivity index (χ1) is 16.6. The monoisotopic (exact) mass is 558 g/mol. The van der Waals surface area contributed by atoms with E-state index < -0.39 is 0 Å².